The van der Waals surface area contributed by atoms with E-state index in [4.69, 9.17) is 5.11 Å². The minimum Gasteiger partial charge on any atom is -0.503 e. The van der Waals surface area contributed by atoms with Gasteiger partial charge in [-0.05, 0) is 0 Å². The standard InChI is InChI=1S/C9H11NO3/c1-2-3-7-9(13)8(12)6(5-11)4-10-7/h2,4,11,13H,1,3,5H2,(H,10,12). The predicted molar refractivity (Wildman–Crippen MR) is 48.6 cm³/mol. The zero-order chi connectivity index (χ0) is 9.84. The highest BCUT2D eigenvalue weighted by molar-refractivity contribution is 5.31. The van der Waals surface area contributed by atoms with Gasteiger partial charge in [0.1, 0.15) is 0 Å². The van der Waals surface area contributed by atoms with Crippen molar-refractivity contribution in [3.63, 3.8) is 0 Å². The molecule has 1 rings (SSSR count). The van der Waals surface area contributed by atoms with Gasteiger partial charge in [0, 0.05) is 18.2 Å². The molecule has 0 saturated heterocycles. The second-order valence-electron chi connectivity index (χ2n) is 2.62. The summed E-state index contributed by atoms with van der Waals surface area (Å²) in [5, 5.41) is 18.1. The summed E-state index contributed by atoms with van der Waals surface area (Å²) < 4.78 is 0. The molecule has 0 radical (unpaired) electrons. The summed E-state index contributed by atoms with van der Waals surface area (Å²) in [5.41, 5.74) is 0.0422. The largest absolute Gasteiger partial charge is 0.503 e. The molecule has 0 spiro atoms. The highest BCUT2D eigenvalue weighted by Crippen LogP contribution is 2.09. The molecule has 0 saturated carbocycles. The average Bonchev–Trinajstić information content (AvgIpc) is 2.14. The zero-order valence-electron chi connectivity index (χ0n) is 7.08. The van der Waals surface area contributed by atoms with Crippen molar-refractivity contribution >= 4 is 0 Å². The average molecular weight is 181 g/mol. The lowest BCUT2D eigenvalue weighted by atomic mass is 10.2. The first kappa shape index (κ1) is 9.54. The summed E-state index contributed by atoms with van der Waals surface area (Å²) in [4.78, 5) is 13.9. The first-order chi connectivity index (χ1) is 6.20. The van der Waals surface area contributed by atoms with Gasteiger partial charge in [0.05, 0.1) is 12.3 Å². The van der Waals surface area contributed by atoms with Crippen LogP contribution in [0.3, 0.4) is 0 Å². The molecule has 4 nitrogen and oxygen atoms in total. The molecule has 1 aromatic rings. The van der Waals surface area contributed by atoms with Gasteiger partial charge in [0.25, 0.3) is 0 Å². The molecule has 0 fully saturated rings. The van der Waals surface area contributed by atoms with Crippen LogP contribution in [0.5, 0.6) is 5.75 Å². The number of aromatic amines is 1. The lowest BCUT2D eigenvalue weighted by molar-refractivity contribution is 0.279. The second kappa shape index (κ2) is 3.91. The van der Waals surface area contributed by atoms with Crippen molar-refractivity contribution in [1.29, 1.82) is 0 Å². The molecular formula is C9H11NO3. The number of nitrogens with one attached hydrogen (secondary N) is 1. The van der Waals surface area contributed by atoms with E-state index in [1.807, 2.05) is 0 Å². The fourth-order valence-electron chi connectivity index (χ4n) is 1.01. The predicted octanol–water partition coefficient (Wildman–Crippen LogP) is 0.301. The molecule has 1 aromatic heterocycles. The van der Waals surface area contributed by atoms with Crippen LogP contribution in [-0.4, -0.2) is 15.2 Å². The van der Waals surface area contributed by atoms with Gasteiger partial charge in [-0.15, -0.1) is 6.58 Å². The van der Waals surface area contributed by atoms with E-state index in [0.29, 0.717) is 12.1 Å². The van der Waals surface area contributed by atoms with E-state index < -0.39 is 5.43 Å². The number of pyridine rings is 1. The maximum Gasteiger partial charge on any atom is 0.228 e. The lowest BCUT2D eigenvalue weighted by Gasteiger charge is -2.02. The summed E-state index contributed by atoms with van der Waals surface area (Å²) in [6, 6.07) is 0. The van der Waals surface area contributed by atoms with Crippen molar-refractivity contribution in [3.05, 3.63) is 40.3 Å². The Morgan fingerprint density at radius 1 is 1.62 bits per heavy atom. The number of aromatic hydroxyl groups is 1. The fourth-order valence-corrected chi connectivity index (χ4v) is 1.01. The number of rotatable bonds is 3. The Balaban J connectivity index is 3.23. The number of aromatic nitrogens is 1. The number of hydrogen-bond donors (Lipinski definition) is 3. The Hall–Kier alpha value is -1.55. The number of aliphatic hydroxyl groups is 1. The Kier molecular flexibility index (Phi) is 2.87. The number of aliphatic hydroxyl groups excluding tert-OH is 1. The van der Waals surface area contributed by atoms with E-state index in [0.717, 1.165) is 0 Å². The summed E-state index contributed by atoms with van der Waals surface area (Å²) in [6.07, 6.45) is 3.36. The summed E-state index contributed by atoms with van der Waals surface area (Å²) in [7, 11) is 0. The van der Waals surface area contributed by atoms with E-state index in [9.17, 15) is 9.90 Å². The van der Waals surface area contributed by atoms with Crippen molar-refractivity contribution in [2.24, 2.45) is 0 Å². The van der Waals surface area contributed by atoms with E-state index in [1.165, 1.54) is 6.20 Å². The zero-order valence-corrected chi connectivity index (χ0v) is 7.08. The molecule has 0 aliphatic heterocycles. The molecule has 0 aromatic carbocycles. The third-order valence-electron chi connectivity index (χ3n) is 1.73. The molecule has 3 N–H and O–H groups in total. The van der Waals surface area contributed by atoms with Gasteiger partial charge >= 0.3 is 0 Å². The minimum atomic E-state index is -0.530. The molecule has 0 bridgehead atoms. The van der Waals surface area contributed by atoms with Crippen LogP contribution in [-0.2, 0) is 13.0 Å². The van der Waals surface area contributed by atoms with Gasteiger partial charge in [-0.2, -0.15) is 0 Å². The second-order valence-corrected chi connectivity index (χ2v) is 2.62. The van der Waals surface area contributed by atoms with E-state index in [-0.39, 0.29) is 17.9 Å². The molecule has 0 amide bonds. The Labute approximate surface area is 75.2 Å². The van der Waals surface area contributed by atoms with Crippen molar-refractivity contribution in [3.8, 4) is 5.75 Å². The lowest BCUT2D eigenvalue weighted by Crippen LogP contribution is -2.11. The smallest absolute Gasteiger partial charge is 0.228 e. The van der Waals surface area contributed by atoms with E-state index in [1.54, 1.807) is 6.08 Å². The molecule has 0 unspecified atom stereocenters. The number of allylic oxidation sites excluding steroid dienone is 1. The SMILES string of the molecule is C=CCc1[nH]cc(CO)c(=O)c1O. The summed E-state index contributed by atoms with van der Waals surface area (Å²) in [6.45, 7) is 3.11. The van der Waals surface area contributed by atoms with E-state index in [2.05, 4.69) is 11.6 Å². The molecule has 0 atom stereocenters. The maximum atomic E-state index is 11.2. The van der Waals surface area contributed by atoms with Crippen LogP contribution in [0.15, 0.2) is 23.6 Å². The summed E-state index contributed by atoms with van der Waals surface area (Å²) in [5.74, 6) is -0.341. The van der Waals surface area contributed by atoms with Gasteiger partial charge in [-0.1, -0.05) is 6.08 Å². The third kappa shape index (κ3) is 1.78. The van der Waals surface area contributed by atoms with E-state index >= 15 is 0 Å². The van der Waals surface area contributed by atoms with Crippen molar-refractivity contribution in [2.75, 3.05) is 0 Å². The van der Waals surface area contributed by atoms with Crippen LogP contribution >= 0.6 is 0 Å². The van der Waals surface area contributed by atoms with Crippen LogP contribution in [0.1, 0.15) is 11.3 Å². The highest BCUT2D eigenvalue weighted by atomic mass is 16.3. The Morgan fingerprint density at radius 2 is 2.31 bits per heavy atom. The number of hydrogen-bond acceptors (Lipinski definition) is 3. The van der Waals surface area contributed by atoms with Crippen LogP contribution in [0.2, 0.25) is 0 Å². The maximum absolute atomic E-state index is 11.2. The molecule has 13 heavy (non-hydrogen) atoms. The first-order valence-corrected chi connectivity index (χ1v) is 3.84. The number of H-pyrrole nitrogens is 1. The Bertz CT molecular complexity index is 368. The molecule has 0 aliphatic rings. The molecule has 70 valence electrons. The monoisotopic (exact) mass is 181 g/mol. The Morgan fingerprint density at radius 3 is 2.85 bits per heavy atom. The normalized spacial score (nSPS) is 9.92. The highest BCUT2D eigenvalue weighted by Gasteiger charge is 2.07. The minimum absolute atomic E-state index is 0.158. The molecule has 0 aliphatic carbocycles. The van der Waals surface area contributed by atoms with Gasteiger partial charge in [0.15, 0.2) is 5.75 Å². The summed E-state index contributed by atoms with van der Waals surface area (Å²) >= 11 is 0. The van der Waals surface area contributed by atoms with Gasteiger partial charge in [-0.25, -0.2) is 0 Å². The van der Waals surface area contributed by atoms with Gasteiger partial charge in [-0.3, -0.25) is 4.79 Å². The topological polar surface area (TPSA) is 73.3 Å². The van der Waals surface area contributed by atoms with Crippen LogP contribution in [0.4, 0.5) is 0 Å². The molecule has 1 heterocycles. The van der Waals surface area contributed by atoms with Crippen molar-refractivity contribution in [2.45, 2.75) is 13.0 Å². The first-order valence-electron chi connectivity index (χ1n) is 3.84. The van der Waals surface area contributed by atoms with Gasteiger partial charge in [0.2, 0.25) is 5.43 Å². The molecule has 4 heteroatoms. The van der Waals surface area contributed by atoms with Crippen LogP contribution in [0, 0.1) is 0 Å². The molecular weight excluding hydrogens is 170 g/mol. The third-order valence-corrected chi connectivity index (χ3v) is 1.73. The fraction of sp³-hybridized carbons (Fsp3) is 0.222. The quantitative estimate of drug-likeness (QED) is 0.587. The van der Waals surface area contributed by atoms with Crippen LogP contribution in [0.25, 0.3) is 0 Å². The van der Waals surface area contributed by atoms with Gasteiger partial charge < -0.3 is 15.2 Å². The van der Waals surface area contributed by atoms with Crippen molar-refractivity contribution < 1.29 is 10.2 Å². The van der Waals surface area contributed by atoms with Crippen LogP contribution < -0.4 is 5.43 Å². The van der Waals surface area contributed by atoms with Crippen molar-refractivity contribution in [1.82, 2.24) is 4.98 Å².